The molecule has 15 amide bonds. The Balaban J connectivity index is 0.0000118. The summed E-state index contributed by atoms with van der Waals surface area (Å²) in [7, 11) is 0. The summed E-state index contributed by atoms with van der Waals surface area (Å²) >= 11 is 0. The monoisotopic (exact) mass is 1130 g/mol. The molecule has 0 aromatic heterocycles. The molecule has 80 heavy (non-hydrogen) atoms. The molecular formula is C52H68ClN15O12. The van der Waals surface area contributed by atoms with Crippen LogP contribution in [0.25, 0.3) is 0 Å². The van der Waals surface area contributed by atoms with E-state index in [1.54, 1.807) is 72.8 Å². The highest BCUT2D eigenvalue weighted by atomic mass is 35.5. The number of hydrogen-bond donors (Lipinski definition) is 15. The van der Waals surface area contributed by atoms with Gasteiger partial charge in [0.15, 0.2) is 0 Å². The van der Waals surface area contributed by atoms with Crippen LogP contribution in [-0.2, 0) is 43.2 Å². The van der Waals surface area contributed by atoms with Crippen molar-refractivity contribution in [3.8, 4) is 0 Å². The van der Waals surface area contributed by atoms with Gasteiger partial charge in [-0.25, -0.2) is 14.4 Å². The number of unbranched alkanes of at least 4 members (excludes halogenated alkanes) is 3. The van der Waals surface area contributed by atoms with Crippen LogP contribution in [0.5, 0.6) is 0 Å². The van der Waals surface area contributed by atoms with Crippen molar-refractivity contribution in [2.75, 3.05) is 35.6 Å². The lowest BCUT2D eigenvalue weighted by Gasteiger charge is -2.22. The van der Waals surface area contributed by atoms with Gasteiger partial charge in [-0.05, 0) is 131 Å². The molecule has 3 aliphatic heterocycles. The van der Waals surface area contributed by atoms with Gasteiger partial charge in [-0.15, -0.1) is 12.4 Å². The van der Waals surface area contributed by atoms with Crippen LogP contribution in [-0.4, -0.2) is 127 Å². The molecule has 3 saturated heterocycles. The van der Waals surface area contributed by atoms with Crippen LogP contribution in [0.2, 0.25) is 0 Å². The van der Waals surface area contributed by atoms with Gasteiger partial charge in [0.25, 0.3) is 17.7 Å². The number of benzene rings is 3. The molecule has 0 spiro atoms. The molecule has 0 radical (unpaired) electrons. The van der Waals surface area contributed by atoms with Crippen molar-refractivity contribution in [1.82, 2.24) is 47.9 Å². The smallest absolute Gasteiger partial charge is 0.322 e. The molecule has 3 heterocycles. The van der Waals surface area contributed by atoms with Crippen molar-refractivity contribution in [3.63, 3.8) is 0 Å². The molecule has 430 valence electrons. The first-order valence-corrected chi connectivity index (χ1v) is 26.0. The highest BCUT2D eigenvalue weighted by Crippen LogP contribution is 2.34. The SMILES string of the molecule is Cl.NCCCC[C@@H](NC(=O)CC1NC(=O)NC1=O)C(=O)Nc1ccc(C(c2ccc(NC(=O)[C@@H](CCCCN)NC(=O)CC3NC(=O)NC3=O)cc2)c2ccc(NC(=O)[C@@H](CCCCN)NC(=O)CC3NC(=O)NC3=O)cc2)cc1. The zero-order valence-electron chi connectivity index (χ0n) is 43.6. The number of nitrogens with one attached hydrogen (secondary N) is 12. The number of amides is 15. The average Bonchev–Trinajstić information content (AvgIpc) is 4.05. The summed E-state index contributed by atoms with van der Waals surface area (Å²) in [4.78, 5) is 151. The molecule has 0 aliphatic carbocycles. The Bertz CT molecular complexity index is 2460. The molecule has 3 aromatic carbocycles. The Morgan fingerprint density at radius 3 is 0.863 bits per heavy atom. The number of carbonyl (C=O) groups is 12. The van der Waals surface area contributed by atoms with Gasteiger partial charge >= 0.3 is 18.1 Å². The summed E-state index contributed by atoms with van der Waals surface area (Å²) in [6.45, 7) is 1.08. The minimum absolute atomic E-state index is 0. The Morgan fingerprint density at radius 1 is 0.400 bits per heavy atom. The number of nitrogens with two attached hydrogens (primary N) is 3. The van der Waals surface area contributed by atoms with E-state index in [0.29, 0.717) is 75.2 Å². The van der Waals surface area contributed by atoms with Crippen molar-refractivity contribution in [2.24, 2.45) is 17.2 Å². The molecule has 6 rings (SSSR count). The second kappa shape index (κ2) is 30.6. The van der Waals surface area contributed by atoms with Crippen molar-refractivity contribution in [3.05, 3.63) is 89.5 Å². The Hall–Kier alpha value is -8.53. The van der Waals surface area contributed by atoms with Gasteiger partial charge in [0.05, 0.1) is 19.3 Å². The van der Waals surface area contributed by atoms with E-state index >= 15 is 0 Å². The Labute approximate surface area is 466 Å². The number of carbonyl (C=O) groups excluding carboxylic acids is 12. The second-order valence-corrected chi connectivity index (χ2v) is 19.1. The van der Waals surface area contributed by atoms with Crippen LogP contribution in [0.15, 0.2) is 72.8 Å². The lowest BCUT2D eigenvalue weighted by Crippen LogP contribution is -2.46. The van der Waals surface area contributed by atoms with Gasteiger partial charge in [0, 0.05) is 23.0 Å². The third-order valence-electron chi connectivity index (χ3n) is 13.1. The van der Waals surface area contributed by atoms with Gasteiger partial charge in [0.1, 0.15) is 36.3 Å². The summed E-state index contributed by atoms with van der Waals surface area (Å²) < 4.78 is 0. The van der Waals surface area contributed by atoms with E-state index in [1.165, 1.54) is 0 Å². The van der Waals surface area contributed by atoms with Crippen molar-refractivity contribution < 1.29 is 57.5 Å². The summed E-state index contributed by atoms with van der Waals surface area (Å²) in [5, 5.41) is 29.9. The first-order chi connectivity index (χ1) is 37.9. The number of urea groups is 3. The topological polar surface area (TPSA) is 427 Å². The highest BCUT2D eigenvalue weighted by molar-refractivity contribution is 6.08. The third kappa shape index (κ3) is 18.6. The van der Waals surface area contributed by atoms with Crippen LogP contribution in [0.4, 0.5) is 31.4 Å². The van der Waals surface area contributed by atoms with Crippen LogP contribution in [0.3, 0.4) is 0 Å². The van der Waals surface area contributed by atoms with Crippen molar-refractivity contribution in [2.45, 2.75) is 119 Å². The van der Waals surface area contributed by atoms with E-state index in [9.17, 15) is 57.5 Å². The van der Waals surface area contributed by atoms with Gasteiger partial charge in [-0.1, -0.05) is 36.4 Å². The summed E-state index contributed by atoms with van der Waals surface area (Å²) in [6.07, 6.45) is 2.83. The van der Waals surface area contributed by atoms with E-state index in [2.05, 4.69) is 63.8 Å². The van der Waals surface area contributed by atoms with E-state index < -0.39 is 113 Å². The largest absolute Gasteiger partial charge is 0.344 e. The molecule has 18 N–H and O–H groups in total. The maximum atomic E-state index is 13.7. The van der Waals surface area contributed by atoms with E-state index in [4.69, 9.17) is 17.2 Å². The van der Waals surface area contributed by atoms with Crippen LogP contribution in [0.1, 0.15) is 99.7 Å². The number of rotatable bonds is 30. The first-order valence-electron chi connectivity index (χ1n) is 26.0. The molecule has 3 unspecified atom stereocenters. The quantitative estimate of drug-likeness (QED) is 0.0232. The molecule has 3 fully saturated rings. The normalized spacial score (nSPS) is 17.8. The number of hydrogen-bond acceptors (Lipinski definition) is 15. The van der Waals surface area contributed by atoms with E-state index in [-0.39, 0.29) is 50.9 Å². The maximum Gasteiger partial charge on any atom is 0.322 e. The van der Waals surface area contributed by atoms with E-state index in [0.717, 1.165) is 16.7 Å². The standard InChI is InChI=1S/C52H67N15O12.ClH/c53-22-4-1-7-34(59-40(68)25-37-47(74)65-50(77)62-37)44(71)56-31-16-10-28(11-17-31)43(29-12-18-32(19-13-29)57-45(72)35(8-2-5-23-54)60-41(69)26-38-48(75)66-51(78)63-38)30-14-20-33(21-15-30)58-46(73)36(9-3-6-24-55)61-42(70)27-39-49(76)67-52(79)64-39;/h10-21,34-39,43H,1-9,22-27,53-55H2,(H,56,71)(H,57,72)(H,58,73)(H,59,68)(H,60,69)(H,61,70)(H2,62,65,74,77)(H2,63,66,75,78)(H2,64,67,76,79);1H/t34-,35-,36-,37?,38?,39?,43?;/m1./s1. The zero-order chi connectivity index (χ0) is 57.0. The predicted molar refractivity (Wildman–Crippen MR) is 293 cm³/mol. The molecule has 3 aromatic rings. The fourth-order valence-electron chi connectivity index (χ4n) is 8.95. The van der Waals surface area contributed by atoms with Crippen LogP contribution >= 0.6 is 12.4 Å². The fourth-order valence-corrected chi connectivity index (χ4v) is 8.95. The summed E-state index contributed by atoms with van der Waals surface area (Å²) in [6, 6.07) is 12.4. The highest BCUT2D eigenvalue weighted by Gasteiger charge is 2.35. The fraction of sp³-hybridized carbons (Fsp3) is 0.423. The molecule has 0 bridgehead atoms. The van der Waals surface area contributed by atoms with Gasteiger partial charge in [-0.3, -0.25) is 59.1 Å². The van der Waals surface area contributed by atoms with Crippen LogP contribution < -0.4 is 81.0 Å². The molecule has 28 heteroatoms. The second-order valence-electron chi connectivity index (χ2n) is 19.1. The Kier molecular flexibility index (Phi) is 23.8. The molecule has 3 aliphatic rings. The minimum atomic E-state index is -1.09. The maximum absolute atomic E-state index is 13.7. The lowest BCUT2D eigenvalue weighted by atomic mass is 9.85. The van der Waals surface area contributed by atoms with Crippen LogP contribution in [0, 0.1) is 0 Å². The summed E-state index contributed by atoms with van der Waals surface area (Å²) in [5.41, 5.74) is 20.5. The average molecular weight is 1130 g/mol. The number of anilines is 3. The van der Waals surface area contributed by atoms with Gasteiger partial charge < -0.3 is 65.1 Å². The van der Waals surface area contributed by atoms with Crippen molar-refractivity contribution >= 4 is 101 Å². The minimum Gasteiger partial charge on any atom is -0.344 e. The first kappa shape index (κ1) is 62.3. The van der Waals surface area contributed by atoms with E-state index in [1.807, 2.05) is 0 Å². The van der Waals surface area contributed by atoms with Crippen molar-refractivity contribution in [1.29, 1.82) is 0 Å². The molecule has 0 saturated carbocycles. The summed E-state index contributed by atoms with van der Waals surface area (Å²) in [5.74, 6) is -5.95. The molecular weight excluding hydrogens is 1060 g/mol. The third-order valence-corrected chi connectivity index (χ3v) is 13.1. The van der Waals surface area contributed by atoms with Gasteiger partial charge in [0.2, 0.25) is 35.4 Å². The predicted octanol–water partition coefficient (Wildman–Crippen LogP) is -0.260. The van der Waals surface area contributed by atoms with Gasteiger partial charge in [-0.2, -0.15) is 0 Å². The lowest BCUT2D eigenvalue weighted by molar-refractivity contribution is -0.129. The number of halogens is 1. The Morgan fingerprint density at radius 2 is 0.650 bits per heavy atom. The molecule has 27 nitrogen and oxygen atoms in total. The zero-order valence-corrected chi connectivity index (χ0v) is 44.4. The molecule has 6 atom stereocenters. The number of imide groups is 3.